The van der Waals surface area contributed by atoms with Crippen LogP contribution in [0.3, 0.4) is 0 Å². The summed E-state index contributed by atoms with van der Waals surface area (Å²) in [5.74, 6) is 0. The van der Waals surface area contributed by atoms with Crippen LogP contribution in [0, 0.1) is 0 Å². The van der Waals surface area contributed by atoms with Gasteiger partial charge in [-0.05, 0) is 47.9 Å². The highest BCUT2D eigenvalue weighted by Gasteiger charge is 2.10. The van der Waals surface area contributed by atoms with E-state index in [9.17, 15) is 0 Å². The van der Waals surface area contributed by atoms with Crippen LogP contribution in [0.1, 0.15) is 16.0 Å². The first-order valence-corrected chi connectivity index (χ1v) is 8.68. The monoisotopic (exact) mass is 494 g/mol. The lowest BCUT2D eigenvalue weighted by molar-refractivity contribution is 0.946. The van der Waals surface area contributed by atoms with E-state index >= 15 is 0 Å². The lowest BCUT2D eigenvalue weighted by Gasteiger charge is -2.11. The van der Waals surface area contributed by atoms with E-state index < -0.39 is 0 Å². The molecule has 0 amide bonds. The summed E-state index contributed by atoms with van der Waals surface area (Å²) in [6.07, 6.45) is 0.968. The van der Waals surface area contributed by atoms with E-state index in [1.165, 1.54) is 11.1 Å². The molecule has 1 unspecified atom stereocenters. The molecule has 0 radical (unpaired) electrons. The average Bonchev–Trinajstić information content (AvgIpc) is 2.31. The fraction of sp³-hybridized carbons (Fsp3) is 0.143. The van der Waals surface area contributed by atoms with Crippen molar-refractivity contribution >= 4 is 63.7 Å². The van der Waals surface area contributed by atoms with E-state index in [0.29, 0.717) is 4.83 Å². The minimum atomic E-state index is 0.312. The minimum Gasteiger partial charge on any atom is -0.0835 e. The Morgan fingerprint density at radius 3 is 1.89 bits per heavy atom. The van der Waals surface area contributed by atoms with Gasteiger partial charge in [-0.1, -0.05) is 75.9 Å². The molecule has 0 bridgehead atoms. The zero-order valence-corrected chi connectivity index (χ0v) is 15.7. The zero-order valence-electron chi connectivity index (χ0n) is 9.34. The Labute approximate surface area is 141 Å². The smallest absolute Gasteiger partial charge is 0.0436 e. The van der Waals surface area contributed by atoms with Crippen LogP contribution in [0.4, 0.5) is 0 Å². The highest BCUT2D eigenvalue weighted by Crippen LogP contribution is 2.31. The molecule has 2 rings (SSSR count). The SMILES string of the molecule is Brc1ccc(CC(Br)c2cc(Br)cc(Br)c2)cc1. The van der Waals surface area contributed by atoms with Gasteiger partial charge >= 0.3 is 0 Å². The van der Waals surface area contributed by atoms with Crippen LogP contribution < -0.4 is 0 Å². The maximum Gasteiger partial charge on any atom is 0.0436 e. The number of benzene rings is 2. The Kier molecular flexibility index (Phi) is 5.48. The first-order chi connectivity index (χ1) is 8.54. The Bertz CT molecular complexity index is 514. The van der Waals surface area contributed by atoms with Gasteiger partial charge in [0.25, 0.3) is 0 Å². The van der Waals surface area contributed by atoms with Crippen molar-refractivity contribution in [3.63, 3.8) is 0 Å². The molecule has 18 heavy (non-hydrogen) atoms. The van der Waals surface area contributed by atoms with Gasteiger partial charge in [0.2, 0.25) is 0 Å². The van der Waals surface area contributed by atoms with Crippen LogP contribution in [0.5, 0.6) is 0 Å². The lowest BCUT2D eigenvalue weighted by atomic mass is 10.0. The second-order valence-corrected chi connectivity index (χ2v) is 7.85. The molecule has 1 atom stereocenters. The third-order valence-corrected chi connectivity index (χ3v) is 4.87. The quantitative estimate of drug-likeness (QED) is 0.416. The number of hydrogen-bond acceptors (Lipinski definition) is 0. The summed E-state index contributed by atoms with van der Waals surface area (Å²) in [6.45, 7) is 0. The Morgan fingerprint density at radius 1 is 0.778 bits per heavy atom. The number of alkyl halides is 1. The molecule has 0 heterocycles. The molecule has 2 aromatic carbocycles. The van der Waals surface area contributed by atoms with Crippen LogP contribution in [0.2, 0.25) is 0 Å². The van der Waals surface area contributed by atoms with Crippen molar-refractivity contribution < 1.29 is 0 Å². The Balaban J connectivity index is 2.16. The summed E-state index contributed by atoms with van der Waals surface area (Å²) in [4.78, 5) is 0.312. The molecule has 0 nitrogen and oxygen atoms in total. The van der Waals surface area contributed by atoms with Gasteiger partial charge in [-0.3, -0.25) is 0 Å². The highest BCUT2D eigenvalue weighted by atomic mass is 79.9. The number of halogens is 4. The van der Waals surface area contributed by atoms with Crippen molar-refractivity contribution in [2.45, 2.75) is 11.2 Å². The van der Waals surface area contributed by atoms with E-state index in [-0.39, 0.29) is 0 Å². The summed E-state index contributed by atoms with van der Waals surface area (Å²) in [5.41, 5.74) is 2.58. The fourth-order valence-corrected chi connectivity index (χ4v) is 3.93. The predicted octanol–water partition coefficient (Wildman–Crippen LogP) is 6.65. The van der Waals surface area contributed by atoms with Crippen molar-refractivity contribution in [1.82, 2.24) is 0 Å². The van der Waals surface area contributed by atoms with Crippen molar-refractivity contribution in [1.29, 1.82) is 0 Å². The lowest BCUT2D eigenvalue weighted by Crippen LogP contribution is -1.95. The molecule has 4 heteroatoms. The van der Waals surface area contributed by atoms with Gasteiger partial charge in [-0.2, -0.15) is 0 Å². The van der Waals surface area contributed by atoms with Crippen LogP contribution in [-0.4, -0.2) is 0 Å². The maximum absolute atomic E-state index is 3.76. The van der Waals surface area contributed by atoms with Gasteiger partial charge in [0, 0.05) is 18.2 Å². The largest absolute Gasteiger partial charge is 0.0835 e. The fourth-order valence-electron chi connectivity index (χ4n) is 1.70. The van der Waals surface area contributed by atoms with Crippen LogP contribution >= 0.6 is 63.7 Å². The highest BCUT2D eigenvalue weighted by molar-refractivity contribution is 9.11. The standard InChI is InChI=1S/C14H10Br4/c15-11-3-1-9(2-4-11)5-14(18)10-6-12(16)8-13(17)7-10/h1-4,6-8,14H,5H2. The van der Waals surface area contributed by atoms with Crippen molar-refractivity contribution in [3.8, 4) is 0 Å². The third kappa shape index (κ3) is 4.19. The first kappa shape index (κ1) is 14.8. The molecule has 0 aliphatic heterocycles. The van der Waals surface area contributed by atoms with E-state index in [2.05, 4.69) is 100 Å². The van der Waals surface area contributed by atoms with E-state index in [1.807, 2.05) is 6.07 Å². The molecular weight excluding hydrogens is 488 g/mol. The van der Waals surface area contributed by atoms with E-state index in [4.69, 9.17) is 0 Å². The molecule has 0 saturated carbocycles. The molecule has 0 fully saturated rings. The Hall–Kier alpha value is 0.360. The second-order valence-electron chi connectivity index (χ2n) is 4.00. The zero-order chi connectivity index (χ0) is 13.1. The van der Waals surface area contributed by atoms with Crippen LogP contribution in [0.25, 0.3) is 0 Å². The summed E-state index contributed by atoms with van der Waals surface area (Å²) >= 11 is 14.2. The molecule has 0 spiro atoms. The van der Waals surface area contributed by atoms with Crippen LogP contribution in [0.15, 0.2) is 55.9 Å². The molecule has 2 aromatic rings. The topological polar surface area (TPSA) is 0 Å². The van der Waals surface area contributed by atoms with E-state index in [0.717, 1.165) is 19.8 Å². The molecule has 94 valence electrons. The Morgan fingerprint density at radius 2 is 1.33 bits per heavy atom. The van der Waals surface area contributed by atoms with E-state index in [1.54, 1.807) is 0 Å². The summed E-state index contributed by atoms with van der Waals surface area (Å²) < 4.78 is 3.29. The predicted molar refractivity (Wildman–Crippen MR) is 91.4 cm³/mol. The summed E-state index contributed by atoms with van der Waals surface area (Å²) in [7, 11) is 0. The maximum atomic E-state index is 3.76. The second kappa shape index (κ2) is 6.69. The molecular formula is C14H10Br4. The molecule has 0 N–H and O–H groups in total. The molecule has 0 aliphatic rings. The van der Waals surface area contributed by atoms with Gasteiger partial charge in [0.05, 0.1) is 0 Å². The summed E-state index contributed by atoms with van der Waals surface area (Å²) in [6, 6.07) is 14.8. The van der Waals surface area contributed by atoms with Crippen LogP contribution in [-0.2, 0) is 6.42 Å². The van der Waals surface area contributed by atoms with Gasteiger partial charge in [-0.15, -0.1) is 0 Å². The van der Waals surface area contributed by atoms with Crippen molar-refractivity contribution in [2.75, 3.05) is 0 Å². The van der Waals surface area contributed by atoms with Crippen molar-refractivity contribution in [3.05, 3.63) is 67.0 Å². The van der Waals surface area contributed by atoms with Gasteiger partial charge in [-0.25, -0.2) is 0 Å². The first-order valence-electron chi connectivity index (χ1n) is 5.39. The van der Waals surface area contributed by atoms with Gasteiger partial charge in [0.1, 0.15) is 0 Å². The normalized spacial score (nSPS) is 12.4. The molecule has 0 saturated heterocycles. The molecule has 0 aromatic heterocycles. The summed E-state index contributed by atoms with van der Waals surface area (Å²) in [5, 5.41) is 0. The molecule has 0 aliphatic carbocycles. The minimum absolute atomic E-state index is 0.312. The number of rotatable bonds is 3. The van der Waals surface area contributed by atoms with Gasteiger partial charge in [0.15, 0.2) is 0 Å². The number of hydrogen-bond donors (Lipinski definition) is 0. The average molecular weight is 498 g/mol. The van der Waals surface area contributed by atoms with Gasteiger partial charge < -0.3 is 0 Å². The third-order valence-electron chi connectivity index (χ3n) is 2.57. The van der Waals surface area contributed by atoms with Crippen molar-refractivity contribution in [2.24, 2.45) is 0 Å².